The fourth-order valence-electron chi connectivity index (χ4n) is 1.48. The predicted molar refractivity (Wildman–Crippen MR) is 69.0 cm³/mol. The van der Waals surface area contributed by atoms with Crippen LogP contribution in [0.3, 0.4) is 0 Å². The molecule has 1 aromatic carbocycles. The number of rotatable bonds is 7. The highest BCUT2D eigenvalue weighted by Crippen LogP contribution is 2.08. The van der Waals surface area contributed by atoms with Crippen LogP contribution in [0.15, 0.2) is 30.3 Å². The Kier molecular flexibility index (Phi) is 6.53. The van der Waals surface area contributed by atoms with Gasteiger partial charge in [-0.15, -0.1) is 0 Å². The maximum absolute atomic E-state index is 11.9. The monoisotopic (exact) mass is 257 g/mol. The summed E-state index contributed by atoms with van der Waals surface area (Å²) in [6.07, 6.45) is 0.505. The van der Waals surface area contributed by atoms with Crippen molar-refractivity contribution in [2.75, 3.05) is 19.7 Å². The highest BCUT2D eigenvalue weighted by Gasteiger charge is 2.13. The molecule has 0 aromatic heterocycles. The van der Waals surface area contributed by atoms with Crippen LogP contribution in [0.5, 0.6) is 5.75 Å². The first-order valence-corrected chi connectivity index (χ1v) is 5.97. The second-order valence-electron chi connectivity index (χ2n) is 3.80. The molecule has 98 valence electrons. The Bertz CT molecular complexity index is 456. The fourth-order valence-corrected chi connectivity index (χ4v) is 1.48. The number of benzene rings is 1. The van der Waals surface area contributed by atoms with Gasteiger partial charge in [0.15, 0.2) is 6.61 Å². The van der Waals surface area contributed by atoms with Crippen molar-refractivity contribution in [1.82, 2.24) is 4.90 Å². The van der Waals surface area contributed by atoms with Crippen molar-refractivity contribution in [3.05, 3.63) is 30.3 Å². The van der Waals surface area contributed by atoms with E-state index in [9.17, 15) is 4.79 Å². The number of nitrogens with zero attached hydrogens (tertiary/aromatic N) is 3. The van der Waals surface area contributed by atoms with Gasteiger partial charge in [-0.3, -0.25) is 4.79 Å². The average molecular weight is 257 g/mol. The predicted octanol–water partition coefficient (Wildman–Crippen LogP) is 1.72. The van der Waals surface area contributed by atoms with Crippen LogP contribution in [0.4, 0.5) is 0 Å². The van der Waals surface area contributed by atoms with E-state index in [1.165, 1.54) is 4.90 Å². The third kappa shape index (κ3) is 5.56. The number of para-hydroxylation sites is 1. The molecule has 0 atom stereocenters. The van der Waals surface area contributed by atoms with Gasteiger partial charge in [-0.2, -0.15) is 10.5 Å². The summed E-state index contributed by atoms with van der Waals surface area (Å²) in [5.41, 5.74) is 0. The minimum Gasteiger partial charge on any atom is -0.484 e. The molecule has 1 aromatic rings. The third-order valence-electron chi connectivity index (χ3n) is 2.45. The maximum atomic E-state index is 11.9. The number of amides is 1. The lowest BCUT2D eigenvalue weighted by Crippen LogP contribution is -2.36. The molecule has 19 heavy (non-hydrogen) atoms. The number of ether oxygens (including phenoxy) is 1. The van der Waals surface area contributed by atoms with Gasteiger partial charge >= 0.3 is 0 Å². The molecule has 0 spiro atoms. The third-order valence-corrected chi connectivity index (χ3v) is 2.45. The van der Waals surface area contributed by atoms with Gasteiger partial charge in [0.05, 0.1) is 25.0 Å². The second kappa shape index (κ2) is 8.54. The summed E-state index contributed by atoms with van der Waals surface area (Å²) >= 11 is 0. The van der Waals surface area contributed by atoms with Crippen molar-refractivity contribution in [3.63, 3.8) is 0 Å². The molecule has 0 aliphatic rings. The van der Waals surface area contributed by atoms with Gasteiger partial charge in [0.2, 0.25) is 0 Å². The van der Waals surface area contributed by atoms with Crippen LogP contribution in [-0.2, 0) is 4.79 Å². The zero-order valence-electron chi connectivity index (χ0n) is 10.6. The molecule has 0 aliphatic carbocycles. The molecule has 5 heteroatoms. The van der Waals surface area contributed by atoms with Crippen molar-refractivity contribution in [3.8, 4) is 17.9 Å². The second-order valence-corrected chi connectivity index (χ2v) is 3.80. The van der Waals surface area contributed by atoms with E-state index in [1.54, 1.807) is 12.1 Å². The van der Waals surface area contributed by atoms with Crippen molar-refractivity contribution in [2.45, 2.75) is 12.8 Å². The fraction of sp³-hybridized carbons (Fsp3) is 0.357. The smallest absolute Gasteiger partial charge is 0.260 e. The Morgan fingerprint density at radius 1 is 1.11 bits per heavy atom. The van der Waals surface area contributed by atoms with Crippen molar-refractivity contribution < 1.29 is 9.53 Å². The minimum atomic E-state index is -0.214. The van der Waals surface area contributed by atoms with Gasteiger partial charge in [0.1, 0.15) is 5.75 Å². The zero-order valence-corrected chi connectivity index (χ0v) is 10.6. The van der Waals surface area contributed by atoms with Crippen molar-refractivity contribution in [2.24, 2.45) is 0 Å². The van der Waals surface area contributed by atoms with Crippen LogP contribution in [-0.4, -0.2) is 30.5 Å². The molecule has 0 N–H and O–H groups in total. The van der Waals surface area contributed by atoms with Crippen LogP contribution < -0.4 is 4.74 Å². The van der Waals surface area contributed by atoms with E-state index in [4.69, 9.17) is 15.3 Å². The Hall–Kier alpha value is -2.53. The van der Waals surface area contributed by atoms with Crippen molar-refractivity contribution in [1.29, 1.82) is 10.5 Å². The highest BCUT2D eigenvalue weighted by atomic mass is 16.5. The Labute approximate surface area is 112 Å². The molecular formula is C14H15N3O2. The largest absolute Gasteiger partial charge is 0.484 e. The number of carbonyl (C=O) groups excluding carboxylic acids is 1. The van der Waals surface area contributed by atoms with Crippen molar-refractivity contribution >= 4 is 5.91 Å². The van der Waals surface area contributed by atoms with E-state index in [1.807, 2.05) is 30.3 Å². The van der Waals surface area contributed by atoms with E-state index in [0.29, 0.717) is 18.8 Å². The molecule has 1 rings (SSSR count). The van der Waals surface area contributed by atoms with E-state index < -0.39 is 0 Å². The minimum absolute atomic E-state index is 0.0825. The van der Waals surface area contributed by atoms with Gasteiger partial charge < -0.3 is 9.64 Å². The molecule has 0 fully saturated rings. The van der Waals surface area contributed by atoms with Gasteiger partial charge in [-0.05, 0) is 12.1 Å². The van der Waals surface area contributed by atoms with Crippen LogP contribution in [0, 0.1) is 22.7 Å². The Morgan fingerprint density at radius 3 is 2.21 bits per heavy atom. The molecule has 0 saturated heterocycles. The lowest BCUT2D eigenvalue weighted by Gasteiger charge is -2.20. The maximum Gasteiger partial charge on any atom is 0.260 e. The summed E-state index contributed by atoms with van der Waals surface area (Å²) in [5, 5.41) is 17.1. The summed E-state index contributed by atoms with van der Waals surface area (Å²) in [6, 6.07) is 13.0. The lowest BCUT2D eigenvalue weighted by atomic mass is 10.3. The molecule has 0 heterocycles. The van der Waals surface area contributed by atoms with E-state index in [-0.39, 0.29) is 25.4 Å². The molecule has 0 saturated carbocycles. The Balaban J connectivity index is 2.47. The first-order valence-electron chi connectivity index (χ1n) is 5.97. The molecule has 0 radical (unpaired) electrons. The van der Waals surface area contributed by atoms with Crippen LogP contribution >= 0.6 is 0 Å². The van der Waals surface area contributed by atoms with Gasteiger partial charge in [0, 0.05) is 13.1 Å². The molecule has 0 bridgehead atoms. The molecule has 0 unspecified atom stereocenters. The van der Waals surface area contributed by atoms with Crippen LogP contribution in [0.25, 0.3) is 0 Å². The van der Waals surface area contributed by atoms with Crippen LogP contribution in [0.1, 0.15) is 12.8 Å². The number of nitriles is 2. The van der Waals surface area contributed by atoms with E-state index >= 15 is 0 Å². The SMILES string of the molecule is N#CCCN(CCC#N)C(=O)COc1ccccc1. The zero-order chi connectivity index (χ0) is 13.9. The average Bonchev–Trinajstić information content (AvgIpc) is 2.46. The summed E-state index contributed by atoms with van der Waals surface area (Å²) < 4.78 is 5.35. The van der Waals surface area contributed by atoms with Gasteiger partial charge in [0.25, 0.3) is 5.91 Å². The topological polar surface area (TPSA) is 77.1 Å². The normalized spacial score (nSPS) is 9.16. The highest BCUT2D eigenvalue weighted by molar-refractivity contribution is 5.77. The quantitative estimate of drug-likeness (QED) is 0.745. The first kappa shape index (κ1) is 14.5. The summed E-state index contributed by atoms with van der Waals surface area (Å²) in [6.45, 7) is 0.575. The number of hydrogen-bond donors (Lipinski definition) is 0. The van der Waals surface area contributed by atoms with Crippen LogP contribution in [0.2, 0.25) is 0 Å². The Morgan fingerprint density at radius 2 is 1.68 bits per heavy atom. The molecular weight excluding hydrogens is 242 g/mol. The van der Waals surface area contributed by atoms with Gasteiger partial charge in [-0.1, -0.05) is 18.2 Å². The number of carbonyl (C=O) groups is 1. The molecule has 5 nitrogen and oxygen atoms in total. The summed E-state index contributed by atoms with van der Waals surface area (Å²) in [7, 11) is 0. The number of hydrogen-bond acceptors (Lipinski definition) is 4. The van der Waals surface area contributed by atoms with E-state index in [2.05, 4.69) is 0 Å². The van der Waals surface area contributed by atoms with E-state index in [0.717, 1.165) is 0 Å². The molecule has 0 aliphatic heterocycles. The first-order chi connectivity index (χ1) is 9.27. The standard InChI is InChI=1S/C14H15N3O2/c15-8-4-10-17(11-5-9-16)14(18)12-19-13-6-2-1-3-7-13/h1-3,6-7H,4-5,10-12H2. The summed E-state index contributed by atoms with van der Waals surface area (Å²) in [4.78, 5) is 13.4. The van der Waals surface area contributed by atoms with Gasteiger partial charge in [-0.25, -0.2) is 0 Å². The summed E-state index contributed by atoms with van der Waals surface area (Å²) in [5.74, 6) is 0.408. The lowest BCUT2D eigenvalue weighted by molar-refractivity contribution is -0.133. The molecule has 1 amide bonds.